The Labute approximate surface area is 131 Å². The van der Waals surface area contributed by atoms with Gasteiger partial charge in [-0.05, 0) is 61.4 Å². The molecule has 0 radical (unpaired) electrons. The molecular formula is C16H14BrClO2. The third-order valence-electron chi connectivity index (χ3n) is 3.20. The highest BCUT2D eigenvalue weighted by Gasteiger charge is 2.10. The van der Waals surface area contributed by atoms with Gasteiger partial charge < -0.3 is 4.74 Å². The minimum atomic E-state index is -0.0679. The van der Waals surface area contributed by atoms with Crippen LogP contribution in [0.5, 0.6) is 5.75 Å². The van der Waals surface area contributed by atoms with Gasteiger partial charge in [-0.15, -0.1) is 0 Å². The van der Waals surface area contributed by atoms with Crippen molar-refractivity contribution in [2.45, 2.75) is 13.8 Å². The minimum absolute atomic E-state index is 0.0174. The summed E-state index contributed by atoms with van der Waals surface area (Å²) in [6.07, 6.45) is 0. The smallest absolute Gasteiger partial charge is 0.200 e. The van der Waals surface area contributed by atoms with E-state index in [0.29, 0.717) is 10.6 Å². The monoisotopic (exact) mass is 352 g/mol. The van der Waals surface area contributed by atoms with Gasteiger partial charge in [0.2, 0.25) is 0 Å². The molecule has 0 spiro atoms. The van der Waals surface area contributed by atoms with Crippen LogP contribution in [0.25, 0.3) is 0 Å². The Bertz CT molecular complexity index is 636. The molecule has 2 aromatic rings. The van der Waals surface area contributed by atoms with Gasteiger partial charge in [-0.3, -0.25) is 4.79 Å². The summed E-state index contributed by atoms with van der Waals surface area (Å²) in [6.45, 7) is 4.00. The Hall–Kier alpha value is -1.32. The lowest BCUT2D eigenvalue weighted by Gasteiger charge is -2.11. The second-order valence-electron chi connectivity index (χ2n) is 4.51. The molecule has 2 rings (SSSR count). The van der Waals surface area contributed by atoms with E-state index in [1.807, 2.05) is 26.0 Å². The molecular weight excluding hydrogens is 340 g/mol. The van der Waals surface area contributed by atoms with Crippen LogP contribution in [-0.4, -0.2) is 12.4 Å². The molecule has 0 amide bonds. The Morgan fingerprint density at radius 2 is 1.75 bits per heavy atom. The number of Topliss-reactive ketones (excluding diaryl/α,β-unsaturated/α-hetero) is 1. The zero-order chi connectivity index (χ0) is 14.7. The van der Waals surface area contributed by atoms with E-state index in [2.05, 4.69) is 15.9 Å². The fourth-order valence-electron chi connectivity index (χ4n) is 1.78. The maximum Gasteiger partial charge on any atom is 0.200 e. The van der Waals surface area contributed by atoms with Gasteiger partial charge in [0.15, 0.2) is 12.4 Å². The average molecular weight is 354 g/mol. The quantitative estimate of drug-likeness (QED) is 0.725. The minimum Gasteiger partial charge on any atom is -0.485 e. The van der Waals surface area contributed by atoms with Crippen molar-refractivity contribution in [3.05, 3.63) is 62.6 Å². The summed E-state index contributed by atoms with van der Waals surface area (Å²) in [5, 5.41) is 0.613. The third-order valence-corrected chi connectivity index (χ3v) is 4.31. The molecule has 104 valence electrons. The predicted molar refractivity (Wildman–Crippen MR) is 84.9 cm³/mol. The van der Waals surface area contributed by atoms with Gasteiger partial charge in [-0.1, -0.05) is 27.5 Å². The molecule has 0 heterocycles. The molecule has 0 aliphatic rings. The molecule has 0 fully saturated rings. The van der Waals surface area contributed by atoms with E-state index in [1.54, 1.807) is 24.3 Å². The van der Waals surface area contributed by atoms with Gasteiger partial charge in [0.25, 0.3) is 0 Å². The first-order valence-corrected chi connectivity index (χ1v) is 7.33. The summed E-state index contributed by atoms with van der Waals surface area (Å²) in [6, 6.07) is 10.6. The molecule has 0 N–H and O–H groups in total. The highest BCUT2D eigenvalue weighted by Crippen LogP contribution is 2.27. The van der Waals surface area contributed by atoms with Crippen molar-refractivity contribution in [2.75, 3.05) is 6.61 Å². The van der Waals surface area contributed by atoms with Crippen LogP contribution in [0.4, 0.5) is 0 Å². The van der Waals surface area contributed by atoms with E-state index < -0.39 is 0 Å². The first kappa shape index (κ1) is 15.1. The lowest BCUT2D eigenvalue weighted by Crippen LogP contribution is -2.12. The van der Waals surface area contributed by atoms with Crippen molar-refractivity contribution < 1.29 is 9.53 Å². The fourth-order valence-corrected chi connectivity index (χ4v) is 2.34. The Morgan fingerprint density at radius 3 is 2.40 bits per heavy atom. The molecule has 0 aliphatic heterocycles. The van der Waals surface area contributed by atoms with E-state index in [1.165, 1.54) is 0 Å². The zero-order valence-electron chi connectivity index (χ0n) is 11.2. The van der Waals surface area contributed by atoms with Crippen molar-refractivity contribution in [1.82, 2.24) is 0 Å². The van der Waals surface area contributed by atoms with Crippen molar-refractivity contribution in [3.8, 4) is 5.75 Å². The largest absolute Gasteiger partial charge is 0.485 e. The lowest BCUT2D eigenvalue weighted by atomic mass is 10.1. The molecule has 0 unspecified atom stereocenters. The first-order valence-electron chi connectivity index (χ1n) is 6.16. The Morgan fingerprint density at radius 1 is 1.10 bits per heavy atom. The molecule has 4 heteroatoms. The number of ketones is 1. The van der Waals surface area contributed by atoms with Crippen molar-refractivity contribution in [1.29, 1.82) is 0 Å². The summed E-state index contributed by atoms with van der Waals surface area (Å²) < 4.78 is 6.65. The molecule has 0 saturated heterocycles. The molecule has 0 bridgehead atoms. The van der Waals surface area contributed by atoms with Crippen LogP contribution in [0.3, 0.4) is 0 Å². The van der Waals surface area contributed by atoms with Crippen LogP contribution in [-0.2, 0) is 0 Å². The van der Waals surface area contributed by atoms with Gasteiger partial charge >= 0.3 is 0 Å². The topological polar surface area (TPSA) is 26.3 Å². The summed E-state index contributed by atoms with van der Waals surface area (Å²) in [7, 11) is 0. The second-order valence-corrected chi connectivity index (χ2v) is 5.81. The predicted octanol–water partition coefficient (Wildman–Crippen LogP) is 4.98. The summed E-state index contributed by atoms with van der Waals surface area (Å²) in [5.74, 6) is 0.662. The van der Waals surface area contributed by atoms with E-state index in [-0.39, 0.29) is 12.4 Å². The highest BCUT2D eigenvalue weighted by molar-refractivity contribution is 9.10. The average Bonchev–Trinajstić information content (AvgIpc) is 2.44. The van der Waals surface area contributed by atoms with Crippen LogP contribution in [0, 0.1) is 13.8 Å². The van der Waals surface area contributed by atoms with Gasteiger partial charge in [-0.25, -0.2) is 0 Å². The van der Waals surface area contributed by atoms with E-state index >= 15 is 0 Å². The standard InChI is InChI=1S/C16H14BrClO2/c1-10-11(2)16(8-7-14(10)17)20-9-15(19)12-3-5-13(18)6-4-12/h3-8H,9H2,1-2H3. The summed E-state index contributed by atoms with van der Waals surface area (Å²) >= 11 is 9.26. The maximum atomic E-state index is 12.0. The number of halogens is 2. The molecule has 0 aromatic heterocycles. The molecule has 0 atom stereocenters. The van der Waals surface area contributed by atoms with Crippen LogP contribution < -0.4 is 4.74 Å². The van der Waals surface area contributed by atoms with Crippen LogP contribution in [0.1, 0.15) is 21.5 Å². The number of ether oxygens (including phenoxy) is 1. The fraction of sp³-hybridized carbons (Fsp3) is 0.188. The number of carbonyl (C=O) groups excluding carboxylic acids is 1. The molecule has 2 nitrogen and oxygen atoms in total. The molecule has 0 aliphatic carbocycles. The SMILES string of the molecule is Cc1c(Br)ccc(OCC(=O)c2ccc(Cl)cc2)c1C. The maximum absolute atomic E-state index is 12.0. The zero-order valence-corrected chi connectivity index (χ0v) is 13.6. The molecule has 0 saturated carbocycles. The number of carbonyl (C=O) groups is 1. The van der Waals surface area contributed by atoms with Crippen LogP contribution >= 0.6 is 27.5 Å². The second kappa shape index (κ2) is 6.42. The van der Waals surface area contributed by atoms with E-state index in [0.717, 1.165) is 21.3 Å². The molecule has 2 aromatic carbocycles. The normalized spacial score (nSPS) is 10.4. The first-order chi connectivity index (χ1) is 9.49. The molecule has 20 heavy (non-hydrogen) atoms. The lowest BCUT2D eigenvalue weighted by molar-refractivity contribution is 0.0921. The number of hydrogen-bond donors (Lipinski definition) is 0. The Balaban J connectivity index is 2.07. The van der Waals surface area contributed by atoms with Gasteiger partial charge in [0.05, 0.1) is 0 Å². The van der Waals surface area contributed by atoms with Crippen molar-refractivity contribution in [2.24, 2.45) is 0 Å². The Kier molecular flexibility index (Phi) is 4.84. The third kappa shape index (κ3) is 3.41. The van der Waals surface area contributed by atoms with Crippen molar-refractivity contribution >= 4 is 33.3 Å². The van der Waals surface area contributed by atoms with Crippen LogP contribution in [0.15, 0.2) is 40.9 Å². The van der Waals surface area contributed by atoms with Gasteiger partial charge in [0, 0.05) is 15.1 Å². The van der Waals surface area contributed by atoms with Gasteiger partial charge in [-0.2, -0.15) is 0 Å². The van der Waals surface area contributed by atoms with E-state index in [4.69, 9.17) is 16.3 Å². The number of rotatable bonds is 4. The van der Waals surface area contributed by atoms with Crippen LogP contribution in [0.2, 0.25) is 5.02 Å². The van der Waals surface area contributed by atoms with E-state index in [9.17, 15) is 4.79 Å². The number of benzene rings is 2. The number of hydrogen-bond acceptors (Lipinski definition) is 2. The van der Waals surface area contributed by atoms with Gasteiger partial charge in [0.1, 0.15) is 5.75 Å². The summed E-state index contributed by atoms with van der Waals surface area (Å²) in [4.78, 5) is 12.0. The van der Waals surface area contributed by atoms with Crippen molar-refractivity contribution in [3.63, 3.8) is 0 Å². The summed E-state index contributed by atoms with van der Waals surface area (Å²) in [5.41, 5.74) is 2.74. The highest BCUT2D eigenvalue weighted by atomic mass is 79.9.